The minimum atomic E-state index is -0.654. The third-order valence-electron chi connectivity index (χ3n) is 3.21. The topological polar surface area (TPSA) is 119 Å². The van der Waals surface area contributed by atoms with E-state index in [9.17, 15) is 14.5 Å². The van der Waals surface area contributed by atoms with E-state index >= 15 is 0 Å². The summed E-state index contributed by atoms with van der Waals surface area (Å²) >= 11 is 0. The van der Waals surface area contributed by atoms with Crippen LogP contribution in [-0.4, -0.2) is 21.4 Å². The second-order valence-corrected chi connectivity index (χ2v) is 5.63. The second kappa shape index (κ2) is 7.53. The van der Waals surface area contributed by atoms with Gasteiger partial charge in [0.05, 0.1) is 4.92 Å². The Balaban J connectivity index is 2.29. The van der Waals surface area contributed by atoms with Crippen LogP contribution in [0.5, 0.6) is 0 Å². The monoisotopic (exact) mass is 334 g/mol. The summed E-state index contributed by atoms with van der Waals surface area (Å²) in [5, 5.41) is 17.0. The summed E-state index contributed by atoms with van der Waals surface area (Å²) < 4.78 is 13.0. The van der Waals surface area contributed by atoms with Crippen LogP contribution in [0.25, 0.3) is 0 Å². The summed E-state index contributed by atoms with van der Waals surface area (Å²) in [6.07, 6.45) is 0.890. The van der Waals surface area contributed by atoms with Crippen LogP contribution in [0.2, 0.25) is 0 Å². The standard InChI is InChI=1S/C15H19FN6O2/c1-9(2)7-8-18-15-20-13(17)12(22(23)24)14(21-15)19-11-5-3-10(16)4-6-11/h3-6,9H,7-8H2,1-2H3,(H4,17,18,19,20,21). The Morgan fingerprint density at radius 1 is 1.29 bits per heavy atom. The first-order chi connectivity index (χ1) is 11.4. The molecule has 128 valence electrons. The molecule has 24 heavy (non-hydrogen) atoms. The lowest BCUT2D eigenvalue weighted by Crippen LogP contribution is -2.12. The van der Waals surface area contributed by atoms with Crippen molar-refractivity contribution in [3.8, 4) is 0 Å². The van der Waals surface area contributed by atoms with E-state index < -0.39 is 16.4 Å². The molecule has 0 saturated carbocycles. The van der Waals surface area contributed by atoms with E-state index in [1.165, 1.54) is 24.3 Å². The predicted octanol–water partition coefficient (Wildman–Crippen LogP) is 3.31. The lowest BCUT2D eigenvalue weighted by atomic mass is 10.1. The first-order valence-corrected chi connectivity index (χ1v) is 7.45. The van der Waals surface area contributed by atoms with Crippen molar-refractivity contribution in [1.29, 1.82) is 0 Å². The van der Waals surface area contributed by atoms with E-state index in [-0.39, 0.29) is 17.6 Å². The smallest absolute Gasteiger partial charge is 0.353 e. The number of nitro groups is 1. The second-order valence-electron chi connectivity index (χ2n) is 5.63. The van der Waals surface area contributed by atoms with Crippen molar-refractivity contribution in [2.45, 2.75) is 20.3 Å². The number of hydrogen-bond donors (Lipinski definition) is 3. The highest BCUT2D eigenvalue weighted by Gasteiger charge is 2.23. The van der Waals surface area contributed by atoms with Crippen molar-refractivity contribution < 1.29 is 9.31 Å². The molecule has 8 nitrogen and oxygen atoms in total. The van der Waals surface area contributed by atoms with Gasteiger partial charge in [0.2, 0.25) is 17.6 Å². The van der Waals surface area contributed by atoms with E-state index in [0.717, 1.165) is 6.42 Å². The molecule has 2 aromatic rings. The maximum Gasteiger partial charge on any atom is 0.353 e. The lowest BCUT2D eigenvalue weighted by Gasteiger charge is -2.11. The Morgan fingerprint density at radius 3 is 2.54 bits per heavy atom. The number of nitrogens with zero attached hydrogens (tertiary/aromatic N) is 3. The van der Waals surface area contributed by atoms with Gasteiger partial charge in [-0.25, -0.2) is 4.39 Å². The molecule has 0 aliphatic carbocycles. The fourth-order valence-corrected chi connectivity index (χ4v) is 1.96. The van der Waals surface area contributed by atoms with Crippen molar-refractivity contribution in [1.82, 2.24) is 9.97 Å². The predicted molar refractivity (Wildman–Crippen MR) is 90.7 cm³/mol. The number of anilines is 4. The average molecular weight is 334 g/mol. The molecule has 0 aliphatic rings. The summed E-state index contributed by atoms with van der Waals surface area (Å²) in [6.45, 7) is 4.77. The number of halogens is 1. The molecule has 1 heterocycles. The summed E-state index contributed by atoms with van der Waals surface area (Å²) in [4.78, 5) is 18.6. The van der Waals surface area contributed by atoms with E-state index in [4.69, 9.17) is 5.73 Å². The fourth-order valence-electron chi connectivity index (χ4n) is 1.96. The van der Waals surface area contributed by atoms with Crippen LogP contribution in [0.3, 0.4) is 0 Å². The Kier molecular flexibility index (Phi) is 5.46. The number of rotatable bonds is 7. The summed E-state index contributed by atoms with van der Waals surface area (Å²) in [7, 11) is 0. The molecular formula is C15H19FN6O2. The zero-order valence-electron chi connectivity index (χ0n) is 13.4. The molecule has 0 atom stereocenters. The van der Waals surface area contributed by atoms with Gasteiger partial charge in [0, 0.05) is 12.2 Å². The highest BCUT2D eigenvalue weighted by atomic mass is 19.1. The molecule has 0 saturated heterocycles. The van der Waals surface area contributed by atoms with Crippen LogP contribution >= 0.6 is 0 Å². The maximum atomic E-state index is 13.0. The van der Waals surface area contributed by atoms with E-state index in [1.807, 2.05) is 0 Å². The van der Waals surface area contributed by atoms with Crippen LogP contribution in [-0.2, 0) is 0 Å². The molecule has 0 unspecified atom stereocenters. The molecule has 1 aromatic carbocycles. The Morgan fingerprint density at radius 2 is 1.96 bits per heavy atom. The number of nitrogens with one attached hydrogen (secondary N) is 2. The Hall–Kier alpha value is -2.97. The van der Waals surface area contributed by atoms with Crippen molar-refractivity contribution in [2.75, 3.05) is 22.9 Å². The number of hydrogen-bond acceptors (Lipinski definition) is 7. The molecule has 2 rings (SSSR count). The number of aromatic nitrogens is 2. The third-order valence-corrected chi connectivity index (χ3v) is 3.21. The molecule has 4 N–H and O–H groups in total. The van der Waals surface area contributed by atoms with Gasteiger partial charge in [-0.1, -0.05) is 13.8 Å². The van der Waals surface area contributed by atoms with E-state index in [1.54, 1.807) is 0 Å². The molecule has 1 aromatic heterocycles. The van der Waals surface area contributed by atoms with Crippen molar-refractivity contribution >= 4 is 29.0 Å². The average Bonchev–Trinajstić information content (AvgIpc) is 2.48. The van der Waals surface area contributed by atoms with Crippen LogP contribution in [0.1, 0.15) is 20.3 Å². The molecule has 0 spiro atoms. The van der Waals surface area contributed by atoms with Gasteiger partial charge < -0.3 is 16.4 Å². The van der Waals surface area contributed by atoms with Crippen LogP contribution in [0.4, 0.5) is 33.3 Å². The molecule has 0 aliphatic heterocycles. The normalized spacial score (nSPS) is 10.7. The maximum absolute atomic E-state index is 13.0. The highest BCUT2D eigenvalue weighted by molar-refractivity contribution is 5.74. The molecule has 0 amide bonds. The Labute approximate surface area is 138 Å². The van der Waals surface area contributed by atoms with Gasteiger partial charge >= 0.3 is 5.69 Å². The fraction of sp³-hybridized carbons (Fsp3) is 0.333. The number of nitrogen functional groups attached to an aromatic ring is 1. The van der Waals surface area contributed by atoms with E-state index in [0.29, 0.717) is 18.2 Å². The largest absolute Gasteiger partial charge is 0.378 e. The minimum absolute atomic E-state index is 0.0499. The molecular weight excluding hydrogens is 315 g/mol. The van der Waals surface area contributed by atoms with Crippen molar-refractivity contribution in [3.63, 3.8) is 0 Å². The number of benzene rings is 1. The van der Waals surface area contributed by atoms with Gasteiger partial charge in [0.25, 0.3) is 0 Å². The third kappa shape index (κ3) is 4.51. The molecule has 9 heteroatoms. The minimum Gasteiger partial charge on any atom is -0.378 e. The number of nitrogens with two attached hydrogens (primary N) is 1. The van der Waals surface area contributed by atoms with Crippen LogP contribution in [0, 0.1) is 21.8 Å². The van der Waals surface area contributed by atoms with Gasteiger partial charge in [-0.15, -0.1) is 0 Å². The summed E-state index contributed by atoms with van der Waals surface area (Å²) in [5.41, 5.74) is 5.73. The zero-order chi connectivity index (χ0) is 17.7. The molecule has 0 bridgehead atoms. The van der Waals surface area contributed by atoms with Crippen LogP contribution in [0.15, 0.2) is 24.3 Å². The van der Waals surface area contributed by atoms with Gasteiger partial charge in [0.15, 0.2) is 0 Å². The molecule has 0 radical (unpaired) electrons. The SMILES string of the molecule is CC(C)CCNc1nc(N)c([N+](=O)[O-])c(Nc2ccc(F)cc2)n1. The summed E-state index contributed by atoms with van der Waals surface area (Å²) in [6, 6.07) is 5.37. The quantitative estimate of drug-likeness (QED) is 0.525. The Bertz CT molecular complexity index is 721. The van der Waals surface area contributed by atoms with Crippen LogP contribution < -0.4 is 16.4 Å². The first kappa shape index (κ1) is 17.4. The van der Waals surface area contributed by atoms with Gasteiger partial charge in [-0.05, 0) is 36.6 Å². The van der Waals surface area contributed by atoms with Crippen molar-refractivity contribution in [2.24, 2.45) is 5.92 Å². The van der Waals surface area contributed by atoms with E-state index in [2.05, 4.69) is 34.4 Å². The highest BCUT2D eigenvalue weighted by Crippen LogP contribution is 2.31. The van der Waals surface area contributed by atoms with Gasteiger partial charge in [-0.3, -0.25) is 10.1 Å². The lowest BCUT2D eigenvalue weighted by molar-refractivity contribution is -0.383. The first-order valence-electron chi connectivity index (χ1n) is 7.45. The zero-order valence-corrected chi connectivity index (χ0v) is 13.4. The summed E-state index contributed by atoms with van der Waals surface area (Å²) in [5.74, 6) is -0.0147. The van der Waals surface area contributed by atoms with Crippen molar-refractivity contribution in [3.05, 3.63) is 40.2 Å². The molecule has 0 fully saturated rings. The van der Waals surface area contributed by atoms with Gasteiger partial charge in [0.1, 0.15) is 5.82 Å². The van der Waals surface area contributed by atoms with Gasteiger partial charge in [-0.2, -0.15) is 9.97 Å².